The number of hydrogen-bond acceptors (Lipinski definition) is 2. The Kier molecular flexibility index (Phi) is 8.21. The van der Waals surface area contributed by atoms with Crippen molar-refractivity contribution in [2.75, 3.05) is 19.0 Å². The lowest BCUT2D eigenvalue weighted by atomic mass is 9.86. The third kappa shape index (κ3) is 6.70. The number of rotatable bonds is 7. The van der Waals surface area contributed by atoms with Gasteiger partial charge in [-0.3, -0.25) is 9.59 Å². The molecular formula is C18H31ClN2O2. The van der Waals surface area contributed by atoms with E-state index in [9.17, 15) is 9.59 Å². The Balaban J connectivity index is 1.61. The van der Waals surface area contributed by atoms with Crippen molar-refractivity contribution in [2.45, 2.75) is 76.7 Å². The molecule has 132 valence electrons. The van der Waals surface area contributed by atoms with Crippen LogP contribution in [0.4, 0.5) is 0 Å². The molecule has 2 fully saturated rings. The molecule has 0 unspecified atom stereocenters. The summed E-state index contributed by atoms with van der Waals surface area (Å²) >= 11 is 5.60. The molecule has 0 aromatic carbocycles. The SMILES string of the molecule is O=C(CCCCl)NC1CCN(C(=O)CCC2CCCCC2)CC1. The smallest absolute Gasteiger partial charge is 0.222 e. The summed E-state index contributed by atoms with van der Waals surface area (Å²) in [6.45, 7) is 1.56. The van der Waals surface area contributed by atoms with E-state index in [1.165, 1.54) is 32.1 Å². The van der Waals surface area contributed by atoms with Crippen LogP contribution in [0.1, 0.15) is 70.6 Å². The number of hydrogen-bond donors (Lipinski definition) is 1. The van der Waals surface area contributed by atoms with Crippen molar-refractivity contribution < 1.29 is 9.59 Å². The molecule has 0 spiro atoms. The van der Waals surface area contributed by atoms with E-state index < -0.39 is 0 Å². The van der Waals surface area contributed by atoms with Crippen molar-refractivity contribution >= 4 is 23.4 Å². The van der Waals surface area contributed by atoms with Crippen LogP contribution in [0.15, 0.2) is 0 Å². The normalized spacial score (nSPS) is 20.5. The fraction of sp³-hybridized carbons (Fsp3) is 0.889. The number of carbonyl (C=O) groups is 2. The van der Waals surface area contributed by atoms with E-state index in [4.69, 9.17) is 11.6 Å². The van der Waals surface area contributed by atoms with E-state index in [0.717, 1.165) is 44.7 Å². The predicted molar refractivity (Wildman–Crippen MR) is 93.5 cm³/mol. The minimum Gasteiger partial charge on any atom is -0.353 e. The number of nitrogens with one attached hydrogen (secondary N) is 1. The maximum atomic E-state index is 12.3. The van der Waals surface area contributed by atoms with Crippen molar-refractivity contribution in [3.8, 4) is 0 Å². The Morgan fingerprint density at radius 2 is 1.70 bits per heavy atom. The number of nitrogens with zero attached hydrogens (tertiary/aromatic N) is 1. The first-order chi connectivity index (χ1) is 11.2. The average molecular weight is 343 g/mol. The van der Waals surface area contributed by atoms with Gasteiger partial charge < -0.3 is 10.2 Å². The fourth-order valence-corrected chi connectivity index (χ4v) is 3.90. The highest BCUT2D eigenvalue weighted by Gasteiger charge is 2.24. The van der Waals surface area contributed by atoms with E-state index in [0.29, 0.717) is 24.6 Å². The molecule has 1 N–H and O–H groups in total. The van der Waals surface area contributed by atoms with Gasteiger partial charge in [-0.05, 0) is 31.6 Å². The molecule has 0 radical (unpaired) electrons. The van der Waals surface area contributed by atoms with Gasteiger partial charge in [0.15, 0.2) is 0 Å². The molecule has 4 nitrogen and oxygen atoms in total. The van der Waals surface area contributed by atoms with Crippen LogP contribution >= 0.6 is 11.6 Å². The number of alkyl halides is 1. The molecule has 23 heavy (non-hydrogen) atoms. The molecule has 0 atom stereocenters. The largest absolute Gasteiger partial charge is 0.353 e. The van der Waals surface area contributed by atoms with Crippen LogP contribution in [0.3, 0.4) is 0 Å². The molecule has 2 rings (SSSR count). The van der Waals surface area contributed by atoms with Crippen LogP contribution in [0, 0.1) is 5.92 Å². The molecule has 0 aromatic heterocycles. The van der Waals surface area contributed by atoms with Crippen LogP contribution in [0.2, 0.25) is 0 Å². The van der Waals surface area contributed by atoms with Crippen molar-refractivity contribution in [3.63, 3.8) is 0 Å². The molecule has 0 aromatic rings. The minimum atomic E-state index is 0.0905. The van der Waals surface area contributed by atoms with Gasteiger partial charge in [0, 0.05) is 37.9 Å². The number of piperidine rings is 1. The third-order valence-corrected chi connectivity index (χ3v) is 5.51. The monoisotopic (exact) mass is 342 g/mol. The van der Waals surface area contributed by atoms with Crippen LogP contribution in [-0.2, 0) is 9.59 Å². The molecule has 0 bridgehead atoms. The van der Waals surface area contributed by atoms with E-state index in [1.54, 1.807) is 0 Å². The number of likely N-dealkylation sites (tertiary alicyclic amines) is 1. The summed E-state index contributed by atoms with van der Waals surface area (Å²) in [6, 6.07) is 0.222. The lowest BCUT2D eigenvalue weighted by Gasteiger charge is -2.33. The second kappa shape index (κ2) is 10.2. The molecule has 1 saturated carbocycles. The molecular weight excluding hydrogens is 312 g/mol. The van der Waals surface area contributed by atoms with Crippen LogP contribution < -0.4 is 5.32 Å². The fourth-order valence-electron chi connectivity index (χ4n) is 3.76. The van der Waals surface area contributed by atoms with Crippen LogP contribution in [-0.4, -0.2) is 41.7 Å². The number of carbonyl (C=O) groups excluding carboxylic acids is 2. The van der Waals surface area contributed by atoms with Gasteiger partial charge in [-0.15, -0.1) is 11.6 Å². The quantitative estimate of drug-likeness (QED) is 0.720. The first-order valence-electron chi connectivity index (χ1n) is 9.32. The van der Waals surface area contributed by atoms with Crippen LogP contribution in [0.5, 0.6) is 0 Å². The zero-order valence-electron chi connectivity index (χ0n) is 14.2. The Bertz CT molecular complexity index is 375. The molecule has 2 aliphatic rings. The average Bonchev–Trinajstić information content (AvgIpc) is 2.59. The molecule has 2 amide bonds. The van der Waals surface area contributed by atoms with Crippen molar-refractivity contribution in [3.05, 3.63) is 0 Å². The Hall–Kier alpha value is -0.770. The first-order valence-corrected chi connectivity index (χ1v) is 9.85. The Labute approximate surface area is 145 Å². The minimum absolute atomic E-state index is 0.0905. The summed E-state index contributed by atoms with van der Waals surface area (Å²) in [6.07, 6.45) is 11.4. The first kappa shape index (κ1) is 18.6. The maximum Gasteiger partial charge on any atom is 0.222 e. The standard InChI is InChI=1S/C18H31ClN2O2/c19-12-4-7-17(22)20-16-10-13-21(14-11-16)18(23)9-8-15-5-2-1-3-6-15/h15-16H,1-14H2,(H,20,22). The van der Waals surface area contributed by atoms with Crippen LogP contribution in [0.25, 0.3) is 0 Å². The van der Waals surface area contributed by atoms with Gasteiger partial charge in [-0.1, -0.05) is 32.1 Å². The van der Waals surface area contributed by atoms with Crippen molar-refractivity contribution in [1.82, 2.24) is 10.2 Å². The van der Waals surface area contributed by atoms with Gasteiger partial charge in [-0.2, -0.15) is 0 Å². The molecule has 1 aliphatic heterocycles. The highest BCUT2D eigenvalue weighted by molar-refractivity contribution is 6.17. The molecule has 1 aliphatic carbocycles. The number of amides is 2. The predicted octanol–water partition coefficient (Wildman–Crippen LogP) is 3.47. The molecule has 1 heterocycles. The summed E-state index contributed by atoms with van der Waals surface area (Å²) in [5.74, 6) is 1.70. The Morgan fingerprint density at radius 1 is 1.00 bits per heavy atom. The van der Waals surface area contributed by atoms with Gasteiger partial charge >= 0.3 is 0 Å². The highest BCUT2D eigenvalue weighted by atomic mass is 35.5. The second-order valence-electron chi connectivity index (χ2n) is 7.06. The van der Waals surface area contributed by atoms with Gasteiger partial charge in [0.25, 0.3) is 0 Å². The zero-order chi connectivity index (χ0) is 16.5. The van der Waals surface area contributed by atoms with E-state index >= 15 is 0 Å². The van der Waals surface area contributed by atoms with E-state index in [1.807, 2.05) is 4.90 Å². The summed E-state index contributed by atoms with van der Waals surface area (Å²) < 4.78 is 0. The summed E-state index contributed by atoms with van der Waals surface area (Å²) in [5.41, 5.74) is 0. The van der Waals surface area contributed by atoms with Gasteiger partial charge in [0.05, 0.1) is 0 Å². The van der Waals surface area contributed by atoms with Gasteiger partial charge in [0.2, 0.25) is 11.8 Å². The second-order valence-corrected chi connectivity index (χ2v) is 7.44. The topological polar surface area (TPSA) is 49.4 Å². The Morgan fingerprint density at radius 3 is 2.35 bits per heavy atom. The lowest BCUT2D eigenvalue weighted by molar-refractivity contribution is -0.132. The third-order valence-electron chi connectivity index (χ3n) is 5.24. The van der Waals surface area contributed by atoms with Crippen molar-refractivity contribution in [2.24, 2.45) is 5.92 Å². The van der Waals surface area contributed by atoms with E-state index in [-0.39, 0.29) is 11.9 Å². The molecule has 1 saturated heterocycles. The molecule has 5 heteroatoms. The maximum absolute atomic E-state index is 12.3. The summed E-state index contributed by atoms with van der Waals surface area (Å²) in [7, 11) is 0. The zero-order valence-corrected chi connectivity index (χ0v) is 15.0. The van der Waals surface area contributed by atoms with Crippen molar-refractivity contribution in [1.29, 1.82) is 0 Å². The van der Waals surface area contributed by atoms with Gasteiger partial charge in [-0.25, -0.2) is 0 Å². The summed E-state index contributed by atoms with van der Waals surface area (Å²) in [4.78, 5) is 26.0. The summed E-state index contributed by atoms with van der Waals surface area (Å²) in [5, 5.41) is 3.06. The van der Waals surface area contributed by atoms with E-state index in [2.05, 4.69) is 5.32 Å². The number of halogens is 1. The lowest BCUT2D eigenvalue weighted by Crippen LogP contribution is -2.46. The van der Waals surface area contributed by atoms with Gasteiger partial charge in [0.1, 0.15) is 0 Å². The highest BCUT2D eigenvalue weighted by Crippen LogP contribution is 2.27.